The second-order valence-corrected chi connectivity index (χ2v) is 16.4. The minimum atomic E-state index is -0.146. The Labute approximate surface area is 337 Å². The zero-order valence-corrected chi connectivity index (χ0v) is 32.4. The Bertz CT molecular complexity index is 3430. The number of fused-ring (bicyclic) bond motifs is 9. The van der Waals surface area contributed by atoms with E-state index in [0.29, 0.717) is 0 Å². The van der Waals surface area contributed by atoms with Gasteiger partial charge in [0, 0.05) is 21.8 Å². The van der Waals surface area contributed by atoms with Gasteiger partial charge in [-0.3, -0.25) is 0 Å². The maximum Gasteiger partial charge on any atom is 0.143 e. The third kappa shape index (κ3) is 4.77. The van der Waals surface area contributed by atoms with Crippen molar-refractivity contribution in [2.45, 2.75) is 19.3 Å². The van der Waals surface area contributed by atoms with Crippen LogP contribution in [0.25, 0.3) is 110 Å². The molecule has 1 aliphatic carbocycles. The van der Waals surface area contributed by atoms with Crippen molar-refractivity contribution in [2.24, 2.45) is 0 Å². The van der Waals surface area contributed by atoms with Gasteiger partial charge in [-0.05, 0) is 124 Å². The molecule has 11 aromatic rings. The zero-order valence-electron chi connectivity index (χ0n) is 32.4. The molecule has 58 heavy (non-hydrogen) atoms. The van der Waals surface area contributed by atoms with E-state index < -0.39 is 0 Å². The highest BCUT2D eigenvalue weighted by Gasteiger charge is 2.38. The zero-order chi connectivity index (χ0) is 38.5. The lowest BCUT2D eigenvalue weighted by atomic mass is 9.78. The number of hydrogen-bond acceptors (Lipinski definition) is 1. The Hall–Kier alpha value is -7.22. The van der Waals surface area contributed by atoms with Crippen LogP contribution in [0, 0.1) is 0 Å². The Morgan fingerprint density at radius 3 is 1.47 bits per heavy atom. The van der Waals surface area contributed by atoms with E-state index in [0.717, 1.165) is 33.1 Å². The fourth-order valence-corrected chi connectivity index (χ4v) is 10.2. The monoisotopic (exact) mass is 738 g/mol. The average molecular weight is 739 g/mol. The molecule has 0 amide bonds. The van der Waals surface area contributed by atoms with E-state index >= 15 is 0 Å². The highest BCUT2D eigenvalue weighted by Crippen LogP contribution is 2.54. The lowest BCUT2D eigenvalue weighted by molar-refractivity contribution is 0.663. The van der Waals surface area contributed by atoms with E-state index in [-0.39, 0.29) is 5.41 Å². The molecule has 1 aliphatic rings. The minimum absolute atomic E-state index is 0.146. The molecule has 0 fully saturated rings. The van der Waals surface area contributed by atoms with Crippen molar-refractivity contribution in [3.8, 4) is 55.6 Å². The first-order valence-electron chi connectivity index (χ1n) is 20.3. The van der Waals surface area contributed by atoms with Gasteiger partial charge in [0.25, 0.3) is 0 Å². The van der Waals surface area contributed by atoms with Crippen LogP contribution in [0.15, 0.2) is 199 Å². The molecule has 0 saturated carbocycles. The van der Waals surface area contributed by atoms with Gasteiger partial charge < -0.3 is 4.42 Å². The summed E-state index contributed by atoms with van der Waals surface area (Å²) in [7, 11) is 0. The van der Waals surface area contributed by atoms with Gasteiger partial charge in [-0.25, -0.2) is 0 Å². The van der Waals surface area contributed by atoms with E-state index in [4.69, 9.17) is 4.42 Å². The fourth-order valence-electron chi connectivity index (χ4n) is 10.2. The molecule has 12 rings (SSSR count). The standard InChI is InChI=1S/C57H38O/c1-57(2)51-34-36-16-4-3-15-35(36)33-50(51)48-28-13-26-41(55(48)57)37-17-11-19-39(31-37)53-44-22-5-7-24-46(44)54(47-25-8-6-23-45(47)53)40-20-12-18-38(32-40)42-27-14-29-49-43-21-9-10-30-52(43)58-56(42)49/h3-34H,1-2H3. The summed E-state index contributed by atoms with van der Waals surface area (Å²) in [6.07, 6.45) is 0. The number of hydrogen-bond donors (Lipinski definition) is 0. The van der Waals surface area contributed by atoms with E-state index in [1.165, 1.54) is 88.0 Å². The predicted molar refractivity (Wildman–Crippen MR) is 246 cm³/mol. The second-order valence-electron chi connectivity index (χ2n) is 16.4. The maximum absolute atomic E-state index is 6.50. The smallest absolute Gasteiger partial charge is 0.143 e. The van der Waals surface area contributed by atoms with E-state index in [1.54, 1.807) is 0 Å². The molecule has 0 radical (unpaired) electrons. The van der Waals surface area contributed by atoms with Crippen LogP contribution < -0.4 is 0 Å². The first-order valence-corrected chi connectivity index (χ1v) is 20.3. The minimum Gasteiger partial charge on any atom is -0.455 e. The van der Waals surface area contributed by atoms with Crippen LogP contribution in [-0.2, 0) is 5.41 Å². The van der Waals surface area contributed by atoms with E-state index in [9.17, 15) is 0 Å². The molecule has 10 aromatic carbocycles. The molecule has 1 nitrogen and oxygen atoms in total. The van der Waals surface area contributed by atoms with Crippen LogP contribution in [0.5, 0.6) is 0 Å². The van der Waals surface area contributed by atoms with Gasteiger partial charge in [-0.15, -0.1) is 0 Å². The number of benzene rings is 10. The number of furan rings is 1. The molecule has 1 heteroatoms. The van der Waals surface area contributed by atoms with Gasteiger partial charge in [0.05, 0.1) is 0 Å². The van der Waals surface area contributed by atoms with Gasteiger partial charge in [-0.1, -0.05) is 178 Å². The van der Waals surface area contributed by atoms with Crippen molar-refractivity contribution in [2.75, 3.05) is 0 Å². The van der Waals surface area contributed by atoms with E-state index in [1.807, 2.05) is 6.07 Å². The van der Waals surface area contributed by atoms with Gasteiger partial charge >= 0.3 is 0 Å². The van der Waals surface area contributed by atoms with Crippen molar-refractivity contribution >= 4 is 54.3 Å². The fraction of sp³-hybridized carbons (Fsp3) is 0.0526. The topological polar surface area (TPSA) is 13.1 Å². The van der Waals surface area contributed by atoms with Crippen molar-refractivity contribution in [3.05, 3.63) is 205 Å². The average Bonchev–Trinajstić information content (AvgIpc) is 3.76. The SMILES string of the molecule is CC1(C)c2cc3ccccc3cc2-c2cccc(-c3cccc(-c4c5ccccc5c(-c5cccc(-c6cccc7c6oc6ccccc67)c5)c5ccccc45)c3)c21. The molecule has 0 spiro atoms. The normalized spacial score (nSPS) is 13.1. The summed E-state index contributed by atoms with van der Waals surface area (Å²) in [6.45, 7) is 4.79. The predicted octanol–water partition coefficient (Wildman–Crippen LogP) is 16.0. The molecular weight excluding hydrogens is 701 g/mol. The van der Waals surface area contributed by atoms with Gasteiger partial charge in [0.2, 0.25) is 0 Å². The molecule has 272 valence electrons. The van der Waals surface area contributed by atoms with Gasteiger partial charge in [0.15, 0.2) is 0 Å². The third-order valence-corrected chi connectivity index (χ3v) is 12.8. The van der Waals surface area contributed by atoms with Crippen LogP contribution >= 0.6 is 0 Å². The Kier molecular flexibility index (Phi) is 7.04. The summed E-state index contributed by atoms with van der Waals surface area (Å²) in [4.78, 5) is 0. The molecule has 0 atom stereocenters. The Morgan fingerprint density at radius 1 is 0.345 bits per heavy atom. The highest BCUT2D eigenvalue weighted by atomic mass is 16.3. The molecular formula is C57H38O. The molecule has 0 N–H and O–H groups in total. The molecule has 0 unspecified atom stereocenters. The van der Waals surface area contributed by atoms with Crippen LogP contribution in [0.1, 0.15) is 25.0 Å². The van der Waals surface area contributed by atoms with Gasteiger partial charge in [-0.2, -0.15) is 0 Å². The van der Waals surface area contributed by atoms with Crippen LogP contribution in [-0.4, -0.2) is 0 Å². The third-order valence-electron chi connectivity index (χ3n) is 12.8. The van der Waals surface area contributed by atoms with Crippen molar-refractivity contribution in [1.82, 2.24) is 0 Å². The summed E-state index contributed by atoms with van der Waals surface area (Å²) in [5.74, 6) is 0. The highest BCUT2D eigenvalue weighted by molar-refractivity contribution is 6.22. The lowest BCUT2D eigenvalue weighted by Crippen LogP contribution is -2.16. The summed E-state index contributed by atoms with van der Waals surface area (Å²) < 4.78 is 6.50. The van der Waals surface area contributed by atoms with Crippen molar-refractivity contribution in [1.29, 1.82) is 0 Å². The largest absolute Gasteiger partial charge is 0.455 e. The van der Waals surface area contributed by atoms with Crippen LogP contribution in [0.2, 0.25) is 0 Å². The summed E-state index contributed by atoms with van der Waals surface area (Å²) in [5, 5.41) is 9.84. The van der Waals surface area contributed by atoms with E-state index in [2.05, 4.69) is 202 Å². The van der Waals surface area contributed by atoms with Crippen molar-refractivity contribution in [3.63, 3.8) is 0 Å². The number of rotatable bonds is 4. The Morgan fingerprint density at radius 2 is 0.810 bits per heavy atom. The summed E-state index contributed by atoms with van der Waals surface area (Å²) >= 11 is 0. The van der Waals surface area contributed by atoms with Crippen molar-refractivity contribution < 1.29 is 4.42 Å². The molecule has 0 bridgehead atoms. The molecule has 1 aromatic heterocycles. The molecule has 1 heterocycles. The number of para-hydroxylation sites is 2. The molecule has 0 aliphatic heterocycles. The second kappa shape index (κ2) is 12.4. The molecule has 0 saturated heterocycles. The quantitative estimate of drug-likeness (QED) is 0.164. The van der Waals surface area contributed by atoms with Crippen LogP contribution in [0.4, 0.5) is 0 Å². The first kappa shape index (κ1) is 33.0. The maximum atomic E-state index is 6.50. The first-order chi connectivity index (χ1) is 28.5. The Balaban J connectivity index is 1.04. The summed E-state index contributed by atoms with van der Waals surface area (Å²) in [6, 6.07) is 71.4. The lowest BCUT2D eigenvalue weighted by Gasteiger charge is -2.25. The van der Waals surface area contributed by atoms with Gasteiger partial charge in [0.1, 0.15) is 11.2 Å². The summed E-state index contributed by atoms with van der Waals surface area (Å²) in [5.41, 5.74) is 16.9. The van der Waals surface area contributed by atoms with Crippen LogP contribution in [0.3, 0.4) is 0 Å².